The number of carboxylic acid groups (broad SMARTS) is 2. The lowest BCUT2D eigenvalue weighted by Gasteiger charge is -2.11. The van der Waals surface area contributed by atoms with Crippen LogP contribution in [-0.4, -0.2) is 44.6 Å². The fourth-order valence-corrected chi connectivity index (χ4v) is 3.16. The van der Waals surface area contributed by atoms with Crippen molar-refractivity contribution in [3.63, 3.8) is 0 Å². The maximum Gasteiger partial charge on any atom is 0.335 e. The Labute approximate surface area is 210 Å². The third-order valence-electron chi connectivity index (χ3n) is 5.18. The van der Waals surface area contributed by atoms with E-state index in [-0.39, 0.29) is 12.2 Å². The highest BCUT2D eigenvalue weighted by molar-refractivity contribution is 5.87. The summed E-state index contributed by atoms with van der Waals surface area (Å²) in [6.45, 7) is 12.4. The summed E-state index contributed by atoms with van der Waals surface area (Å²) in [4.78, 5) is 21.1. The van der Waals surface area contributed by atoms with E-state index in [1.54, 1.807) is 24.3 Å². The first-order chi connectivity index (χ1) is 16.4. The van der Waals surface area contributed by atoms with Crippen molar-refractivity contribution in [1.82, 2.24) is 0 Å². The predicted octanol–water partition coefficient (Wildman–Crippen LogP) is 6.08. The highest BCUT2D eigenvalue weighted by Gasteiger charge is 2.07. The Bertz CT molecular complexity index is 769. The molecule has 0 aliphatic rings. The number of aromatic carboxylic acids is 2. The van der Waals surface area contributed by atoms with Crippen molar-refractivity contribution in [2.75, 3.05) is 0 Å². The SMILES string of the molecule is CC(C)Cc1ccc(C(=O)O)cc1.CC(C)Cc1ccc(C(=O)O)cc1.CCC(O)CC(O)CC. The monoisotopic (exact) mass is 488 g/mol. The lowest BCUT2D eigenvalue weighted by atomic mass is 10.0. The molecule has 0 fully saturated rings. The number of aliphatic hydroxyl groups is 2. The minimum Gasteiger partial charge on any atom is -0.478 e. The Morgan fingerprint density at radius 2 is 0.914 bits per heavy atom. The van der Waals surface area contributed by atoms with Gasteiger partial charge in [0.1, 0.15) is 0 Å². The largest absolute Gasteiger partial charge is 0.478 e. The van der Waals surface area contributed by atoms with Crippen LogP contribution in [-0.2, 0) is 12.8 Å². The van der Waals surface area contributed by atoms with Crippen molar-refractivity contribution in [2.45, 2.75) is 85.9 Å². The quantitative estimate of drug-likeness (QED) is 0.322. The van der Waals surface area contributed by atoms with E-state index in [4.69, 9.17) is 20.4 Å². The number of hydrogen-bond acceptors (Lipinski definition) is 4. The molecule has 6 nitrogen and oxygen atoms in total. The second kappa shape index (κ2) is 17.7. The summed E-state index contributed by atoms with van der Waals surface area (Å²) in [5, 5.41) is 35.3. The summed E-state index contributed by atoms with van der Waals surface area (Å²) in [5.74, 6) is -0.515. The van der Waals surface area contributed by atoms with E-state index in [0.717, 1.165) is 25.7 Å². The molecule has 2 aromatic carbocycles. The lowest BCUT2D eigenvalue weighted by molar-refractivity contribution is 0.0686. The summed E-state index contributed by atoms with van der Waals surface area (Å²) in [7, 11) is 0. The van der Waals surface area contributed by atoms with Gasteiger partial charge in [0, 0.05) is 0 Å². The average molecular weight is 489 g/mol. The van der Waals surface area contributed by atoms with Crippen LogP contribution in [0.25, 0.3) is 0 Å². The summed E-state index contributed by atoms with van der Waals surface area (Å²) in [6.07, 6.45) is 3.35. The Kier molecular flexibility index (Phi) is 16.3. The van der Waals surface area contributed by atoms with Crippen LogP contribution in [0.5, 0.6) is 0 Å². The molecular formula is C29H44O6. The van der Waals surface area contributed by atoms with Gasteiger partial charge < -0.3 is 20.4 Å². The zero-order valence-electron chi connectivity index (χ0n) is 22.1. The number of benzene rings is 2. The van der Waals surface area contributed by atoms with E-state index in [1.807, 2.05) is 38.1 Å². The van der Waals surface area contributed by atoms with Crippen molar-refractivity contribution in [3.8, 4) is 0 Å². The predicted molar refractivity (Wildman–Crippen MR) is 141 cm³/mol. The van der Waals surface area contributed by atoms with Gasteiger partial charge in [-0.2, -0.15) is 0 Å². The van der Waals surface area contributed by atoms with Crippen molar-refractivity contribution in [1.29, 1.82) is 0 Å². The zero-order chi connectivity index (χ0) is 27.0. The molecule has 0 aliphatic heterocycles. The molecule has 0 amide bonds. The van der Waals surface area contributed by atoms with Gasteiger partial charge in [-0.3, -0.25) is 0 Å². The molecule has 0 saturated heterocycles. The minimum absolute atomic E-state index is 0.319. The van der Waals surface area contributed by atoms with Crippen LogP contribution >= 0.6 is 0 Å². The topological polar surface area (TPSA) is 115 Å². The van der Waals surface area contributed by atoms with Gasteiger partial charge in [0.05, 0.1) is 23.3 Å². The van der Waals surface area contributed by atoms with Crippen LogP contribution in [0.3, 0.4) is 0 Å². The van der Waals surface area contributed by atoms with Crippen LogP contribution in [0.1, 0.15) is 92.6 Å². The lowest BCUT2D eigenvalue weighted by Crippen LogP contribution is -2.15. The van der Waals surface area contributed by atoms with Crippen LogP contribution in [0, 0.1) is 11.8 Å². The molecule has 6 heteroatoms. The first-order valence-corrected chi connectivity index (χ1v) is 12.4. The van der Waals surface area contributed by atoms with Gasteiger partial charge >= 0.3 is 11.9 Å². The maximum atomic E-state index is 10.5. The van der Waals surface area contributed by atoms with Crippen LogP contribution in [0.15, 0.2) is 48.5 Å². The normalized spacial score (nSPS) is 12.2. The Balaban J connectivity index is 0.000000506. The van der Waals surface area contributed by atoms with Gasteiger partial charge in [-0.1, -0.05) is 65.8 Å². The molecule has 0 heterocycles. The second-order valence-corrected chi connectivity index (χ2v) is 9.56. The van der Waals surface area contributed by atoms with Gasteiger partial charge in [0.15, 0.2) is 0 Å². The van der Waals surface area contributed by atoms with Crippen molar-refractivity contribution in [2.24, 2.45) is 11.8 Å². The van der Waals surface area contributed by atoms with E-state index in [9.17, 15) is 9.59 Å². The van der Waals surface area contributed by atoms with Crippen LogP contribution in [0.2, 0.25) is 0 Å². The van der Waals surface area contributed by atoms with E-state index in [0.29, 0.717) is 29.4 Å². The Morgan fingerprint density at radius 3 is 1.11 bits per heavy atom. The number of carbonyl (C=O) groups is 2. The molecule has 0 spiro atoms. The highest BCUT2D eigenvalue weighted by Crippen LogP contribution is 2.10. The van der Waals surface area contributed by atoms with Crippen LogP contribution in [0.4, 0.5) is 0 Å². The molecule has 2 atom stereocenters. The molecule has 0 bridgehead atoms. The number of aliphatic hydroxyl groups excluding tert-OH is 2. The minimum atomic E-state index is -0.865. The fourth-order valence-electron chi connectivity index (χ4n) is 3.16. The fraction of sp³-hybridized carbons (Fsp3) is 0.517. The molecular weight excluding hydrogens is 444 g/mol. The molecule has 0 saturated carbocycles. The summed E-state index contributed by atoms with van der Waals surface area (Å²) >= 11 is 0. The van der Waals surface area contributed by atoms with Gasteiger partial charge in [0.2, 0.25) is 0 Å². The molecule has 0 radical (unpaired) electrons. The number of rotatable bonds is 10. The first kappa shape index (κ1) is 32.3. The molecule has 2 unspecified atom stereocenters. The standard InChI is InChI=1S/2C11H14O2.C7H16O2/c2*1-8(2)7-9-3-5-10(6-4-9)11(12)13;1-3-6(8)5-7(9)4-2/h2*3-6,8H,7H2,1-2H3,(H,12,13);6-9H,3-5H2,1-2H3. The smallest absolute Gasteiger partial charge is 0.335 e. The summed E-state index contributed by atoms with van der Waals surface area (Å²) in [5.41, 5.74) is 3.10. The molecule has 4 N–H and O–H groups in total. The molecule has 0 aliphatic carbocycles. The van der Waals surface area contributed by atoms with Gasteiger partial charge in [-0.25, -0.2) is 9.59 Å². The van der Waals surface area contributed by atoms with Gasteiger partial charge in [-0.15, -0.1) is 0 Å². The Morgan fingerprint density at radius 1 is 0.629 bits per heavy atom. The highest BCUT2D eigenvalue weighted by atomic mass is 16.4. The van der Waals surface area contributed by atoms with Crippen LogP contribution < -0.4 is 0 Å². The second-order valence-electron chi connectivity index (χ2n) is 9.56. The Hall–Kier alpha value is -2.70. The van der Waals surface area contributed by atoms with Gasteiger partial charge in [-0.05, 0) is 79.3 Å². The molecule has 0 aromatic heterocycles. The van der Waals surface area contributed by atoms with Crippen molar-refractivity contribution in [3.05, 3.63) is 70.8 Å². The van der Waals surface area contributed by atoms with E-state index in [2.05, 4.69) is 27.7 Å². The molecule has 2 rings (SSSR count). The summed E-state index contributed by atoms with van der Waals surface area (Å²) < 4.78 is 0. The van der Waals surface area contributed by atoms with E-state index >= 15 is 0 Å². The molecule has 2 aromatic rings. The van der Waals surface area contributed by atoms with E-state index < -0.39 is 11.9 Å². The summed E-state index contributed by atoms with van der Waals surface area (Å²) in [6, 6.07) is 14.1. The molecule has 196 valence electrons. The van der Waals surface area contributed by atoms with Crippen molar-refractivity contribution < 1.29 is 30.0 Å². The number of carboxylic acids is 2. The average Bonchev–Trinajstić information content (AvgIpc) is 2.79. The maximum absolute atomic E-state index is 10.5. The number of hydrogen-bond donors (Lipinski definition) is 4. The van der Waals surface area contributed by atoms with E-state index in [1.165, 1.54) is 11.1 Å². The third-order valence-corrected chi connectivity index (χ3v) is 5.18. The zero-order valence-corrected chi connectivity index (χ0v) is 22.1. The van der Waals surface area contributed by atoms with Gasteiger partial charge in [0.25, 0.3) is 0 Å². The first-order valence-electron chi connectivity index (χ1n) is 12.4. The molecule has 35 heavy (non-hydrogen) atoms. The van der Waals surface area contributed by atoms with Crippen molar-refractivity contribution >= 4 is 11.9 Å². The third kappa shape index (κ3) is 15.8.